The molecule has 0 saturated carbocycles. The van der Waals surface area contributed by atoms with Gasteiger partial charge in [-0.15, -0.1) is 0 Å². The summed E-state index contributed by atoms with van der Waals surface area (Å²) in [6, 6.07) is 7.73. The molecular weight excluding hydrogens is 236 g/mol. The number of anilines is 2. The fraction of sp³-hybridized carbons (Fsp3) is 0.167. The molecule has 0 fully saturated rings. The summed E-state index contributed by atoms with van der Waals surface area (Å²) in [4.78, 5) is 10.2. The third-order valence-electron chi connectivity index (χ3n) is 2.38. The second-order valence-corrected chi connectivity index (χ2v) is 4.22. The first-order valence-electron chi connectivity index (χ1n) is 5.18. The average molecular weight is 249 g/mol. The number of nitrogen functional groups attached to an aromatic ring is 1. The predicted molar refractivity (Wildman–Crippen MR) is 70.0 cm³/mol. The Balaban J connectivity index is 2.08. The van der Waals surface area contributed by atoms with E-state index in [4.69, 9.17) is 17.3 Å². The maximum absolute atomic E-state index is 5.83. The molecule has 0 aliphatic heterocycles. The van der Waals surface area contributed by atoms with Crippen LogP contribution in [0, 0.1) is 0 Å². The van der Waals surface area contributed by atoms with E-state index in [1.807, 2.05) is 36.2 Å². The van der Waals surface area contributed by atoms with Crippen molar-refractivity contribution < 1.29 is 0 Å². The maximum atomic E-state index is 5.83. The van der Waals surface area contributed by atoms with Crippen LogP contribution in [0.1, 0.15) is 5.56 Å². The first-order valence-corrected chi connectivity index (χ1v) is 5.56. The molecule has 0 aliphatic rings. The number of nitrogens with two attached hydrogens (primary N) is 1. The van der Waals surface area contributed by atoms with Gasteiger partial charge in [-0.25, -0.2) is 9.97 Å². The number of rotatable bonds is 3. The van der Waals surface area contributed by atoms with Crippen molar-refractivity contribution in [3.63, 3.8) is 0 Å². The highest BCUT2D eigenvalue weighted by Gasteiger charge is 2.03. The first kappa shape index (κ1) is 11.7. The zero-order chi connectivity index (χ0) is 12.3. The SMILES string of the molecule is CN(Cc1ccc(Cl)cc1)c1cnc(N)cn1. The van der Waals surface area contributed by atoms with Gasteiger partial charge in [0, 0.05) is 18.6 Å². The fourth-order valence-corrected chi connectivity index (χ4v) is 1.60. The summed E-state index contributed by atoms with van der Waals surface area (Å²) >= 11 is 5.83. The van der Waals surface area contributed by atoms with Crippen LogP contribution in [0.4, 0.5) is 11.6 Å². The summed E-state index contributed by atoms with van der Waals surface area (Å²) in [5.41, 5.74) is 6.65. The van der Waals surface area contributed by atoms with Crippen LogP contribution in [0.2, 0.25) is 5.02 Å². The Morgan fingerprint density at radius 1 is 1.18 bits per heavy atom. The van der Waals surface area contributed by atoms with Crippen LogP contribution in [0.3, 0.4) is 0 Å². The maximum Gasteiger partial charge on any atom is 0.147 e. The van der Waals surface area contributed by atoms with Gasteiger partial charge in [-0.05, 0) is 17.7 Å². The van der Waals surface area contributed by atoms with Crippen molar-refractivity contribution in [3.05, 3.63) is 47.2 Å². The number of benzene rings is 1. The highest BCUT2D eigenvalue weighted by Crippen LogP contribution is 2.14. The molecule has 17 heavy (non-hydrogen) atoms. The molecule has 4 nitrogen and oxygen atoms in total. The summed E-state index contributed by atoms with van der Waals surface area (Å²) < 4.78 is 0. The van der Waals surface area contributed by atoms with Crippen molar-refractivity contribution in [2.24, 2.45) is 0 Å². The Morgan fingerprint density at radius 3 is 2.47 bits per heavy atom. The van der Waals surface area contributed by atoms with Gasteiger partial charge in [0.2, 0.25) is 0 Å². The van der Waals surface area contributed by atoms with Crippen molar-refractivity contribution in [1.29, 1.82) is 0 Å². The second-order valence-electron chi connectivity index (χ2n) is 3.78. The lowest BCUT2D eigenvalue weighted by Gasteiger charge is -2.17. The highest BCUT2D eigenvalue weighted by molar-refractivity contribution is 6.30. The van der Waals surface area contributed by atoms with E-state index < -0.39 is 0 Å². The Hall–Kier alpha value is -1.81. The smallest absolute Gasteiger partial charge is 0.147 e. The van der Waals surface area contributed by atoms with E-state index in [1.165, 1.54) is 0 Å². The Labute approximate surface area is 105 Å². The monoisotopic (exact) mass is 248 g/mol. The third kappa shape index (κ3) is 3.07. The van der Waals surface area contributed by atoms with Gasteiger partial charge in [-0.2, -0.15) is 0 Å². The summed E-state index contributed by atoms with van der Waals surface area (Å²) in [5.74, 6) is 1.21. The van der Waals surface area contributed by atoms with E-state index in [-0.39, 0.29) is 0 Å². The molecule has 0 aliphatic carbocycles. The molecule has 0 unspecified atom stereocenters. The number of aromatic nitrogens is 2. The highest BCUT2D eigenvalue weighted by atomic mass is 35.5. The molecule has 2 aromatic rings. The predicted octanol–water partition coefficient (Wildman–Crippen LogP) is 2.35. The van der Waals surface area contributed by atoms with Crippen LogP contribution in [0.5, 0.6) is 0 Å². The minimum atomic E-state index is 0.425. The molecule has 2 rings (SSSR count). The standard InChI is InChI=1S/C12H13ClN4/c1-17(12-7-15-11(14)6-16-12)8-9-2-4-10(13)5-3-9/h2-7H,8H2,1H3,(H2,14,15). The van der Waals surface area contributed by atoms with Crippen molar-refractivity contribution >= 4 is 23.2 Å². The van der Waals surface area contributed by atoms with Crippen LogP contribution in [-0.2, 0) is 6.54 Å². The minimum absolute atomic E-state index is 0.425. The Kier molecular flexibility index (Phi) is 3.44. The van der Waals surface area contributed by atoms with Crippen LogP contribution < -0.4 is 10.6 Å². The van der Waals surface area contributed by atoms with Gasteiger partial charge in [0.1, 0.15) is 11.6 Å². The molecule has 1 aromatic carbocycles. The normalized spacial score (nSPS) is 10.2. The molecule has 1 aromatic heterocycles. The van der Waals surface area contributed by atoms with E-state index in [0.29, 0.717) is 5.82 Å². The minimum Gasteiger partial charge on any atom is -0.382 e. The van der Waals surface area contributed by atoms with Crippen molar-refractivity contribution in [1.82, 2.24) is 9.97 Å². The van der Waals surface area contributed by atoms with Gasteiger partial charge in [0.25, 0.3) is 0 Å². The summed E-state index contributed by atoms with van der Waals surface area (Å²) in [7, 11) is 1.95. The van der Waals surface area contributed by atoms with Crippen LogP contribution in [0.15, 0.2) is 36.7 Å². The van der Waals surface area contributed by atoms with E-state index >= 15 is 0 Å². The molecule has 0 spiro atoms. The molecule has 2 N–H and O–H groups in total. The van der Waals surface area contributed by atoms with Gasteiger partial charge in [-0.1, -0.05) is 23.7 Å². The van der Waals surface area contributed by atoms with Gasteiger partial charge in [-0.3, -0.25) is 0 Å². The number of halogens is 1. The van der Waals surface area contributed by atoms with Gasteiger partial charge < -0.3 is 10.6 Å². The van der Waals surface area contributed by atoms with Crippen LogP contribution >= 0.6 is 11.6 Å². The van der Waals surface area contributed by atoms with E-state index in [1.54, 1.807) is 12.4 Å². The zero-order valence-corrected chi connectivity index (χ0v) is 10.2. The lowest BCUT2D eigenvalue weighted by molar-refractivity contribution is 0.891. The molecule has 0 saturated heterocycles. The molecule has 0 amide bonds. The molecule has 5 heteroatoms. The molecular formula is C12H13ClN4. The Bertz CT molecular complexity index is 481. The summed E-state index contributed by atoms with van der Waals surface area (Å²) in [6.45, 7) is 0.746. The van der Waals surface area contributed by atoms with Gasteiger partial charge in [0.05, 0.1) is 12.4 Å². The lowest BCUT2D eigenvalue weighted by Crippen LogP contribution is -2.17. The largest absolute Gasteiger partial charge is 0.382 e. The Morgan fingerprint density at radius 2 is 1.88 bits per heavy atom. The van der Waals surface area contributed by atoms with Crippen molar-refractivity contribution in [2.45, 2.75) is 6.54 Å². The number of hydrogen-bond donors (Lipinski definition) is 1. The van der Waals surface area contributed by atoms with E-state index in [9.17, 15) is 0 Å². The van der Waals surface area contributed by atoms with E-state index in [2.05, 4.69) is 9.97 Å². The summed E-state index contributed by atoms with van der Waals surface area (Å²) in [6.07, 6.45) is 3.21. The molecule has 1 heterocycles. The molecule has 0 radical (unpaired) electrons. The topological polar surface area (TPSA) is 55.0 Å². The lowest BCUT2D eigenvalue weighted by atomic mass is 10.2. The molecule has 0 atom stereocenters. The molecule has 0 bridgehead atoms. The summed E-state index contributed by atoms with van der Waals surface area (Å²) in [5, 5.41) is 0.740. The van der Waals surface area contributed by atoms with Crippen LogP contribution in [0.25, 0.3) is 0 Å². The van der Waals surface area contributed by atoms with Crippen LogP contribution in [-0.4, -0.2) is 17.0 Å². The number of hydrogen-bond acceptors (Lipinski definition) is 4. The third-order valence-corrected chi connectivity index (χ3v) is 2.63. The van der Waals surface area contributed by atoms with E-state index in [0.717, 1.165) is 22.9 Å². The van der Waals surface area contributed by atoms with Gasteiger partial charge >= 0.3 is 0 Å². The second kappa shape index (κ2) is 5.01. The van der Waals surface area contributed by atoms with Gasteiger partial charge in [0.15, 0.2) is 0 Å². The first-order chi connectivity index (χ1) is 8.15. The molecule has 88 valence electrons. The van der Waals surface area contributed by atoms with Crippen molar-refractivity contribution in [2.75, 3.05) is 17.7 Å². The quantitative estimate of drug-likeness (QED) is 0.906. The number of nitrogens with zero attached hydrogens (tertiary/aromatic N) is 3. The van der Waals surface area contributed by atoms with Crippen molar-refractivity contribution in [3.8, 4) is 0 Å². The fourth-order valence-electron chi connectivity index (χ4n) is 1.47. The zero-order valence-electron chi connectivity index (χ0n) is 9.47. The average Bonchev–Trinajstić information content (AvgIpc) is 2.33.